The molecular weight excluding hydrogens is 528 g/mol. The van der Waals surface area contributed by atoms with Crippen LogP contribution in [-0.4, -0.2) is 71.7 Å². The van der Waals surface area contributed by atoms with Crippen LogP contribution >= 0.6 is 11.6 Å². The molecule has 38 heavy (non-hydrogen) atoms. The first-order chi connectivity index (χ1) is 18.3. The lowest BCUT2D eigenvalue weighted by molar-refractivity contribution is 0.00767. The van der Waals surface area contributed by atoms with Crippen LogP contribution in [0.3, 0.4) is 0 Å². The number of hydrogen-bond acceptors (Lipinski definition) is 7. The Bertz CT molecular complexity index is 1310. The van der Waals surface area contributed by atoms with E-state index in [0.29, 0.717) is 55.9 Å². The van der Waals surface area contributed by atoms with Gasteiger partial charge in [0, 0.05) is 43.8 Å². The zero-order chi connectivity index (χ0) is 27.1. The fourth-order valence-electron chi connectivity index (χ4n) is 4.40. The third kappa shape index (κ3) is 6.78. The second kappa shape index (κ2) is 12.8. The lowest BCUT2D eigenvalue weighted by atomic mass is 10.1. The molecule has 1 saturated heterocycles. The van der Waals surface area contributed by atoms with Gasteiger partial charge in [0.25, 0.3) is 0 Å². The Kier molecular flexibility index (Phi) is 9.51. The SMILES string of the molecule is COc1cccc(CO[C@@H](CN2CCN(S(=O)(=O)c3ccc(OC)c(OC)c3)CC2)c2ccc(Cl)cc2)c1. The minimum Gasteiger partial charge on any atom is -0.497 e. The standard InChI is InChI=1S/C28H33ClN2O6S/c1-34-24-6-4-5-21(17-24)20-37-28(22-7-9-23(29)10-8-22)19-30-13-15-31(16-14-30)38(32,33)25-11-12-26(35-2)27(18-25)36-3/h4-12,17-18,28H,13-16,19-20H2,1-3H3/t28-/m0/s1. The molecule has 0 saturated carbocycles. The highest BCUT2D eigenvalue weighted by Crippen LogP contribution is 2.31. The summed E-state index contributed by atoms with van der Waals surface area (Å²) in [7, 11) is 0.976. The average Bonchev–Trinajstić information content (AvgIpc) is 2.95. The van der Waals surface area contributed by atoms with Gasteiger partial charge in [0.1, 0.15) is 5.75 Å². The number of sulfonamides is 1. The van der Waals surface area contributed by atoms with Gasteiger partial charge in [-0.05, 0) is 47.5 Å². The predicted octanol–water partition coefficient (Wildman–Crippen LogP) is 4.63. The molecule has 0 amide bonds. The first-order valence-electron chi connectivity index (χ1n) is 12.3. The van der Waals surface area contributed by atoms with Crippen molar-refractivity contribution in [1.82, 2.24) is 9.21 Å². The number of halogens is 1. The minimum absolute atomic E-state index is 0.185. The molecule has 8 nitrogen and oxygen atoms in total. The van der Waals surface area contributed by atoms with Crippen LogP contribution < -0.4 is 14.2 Å². The molecule has 4 rings (SSSR count). The van der Waals surface area contributed by atoms with Crippen molar-refractivity contribution in [2.75, 3.05) is 54.1 Å². The summed E-state index contributed by atoms with van der Waals surface area (Å²) in [6, 6.07) is 20.1. The van der Waals surface area contributed by atoms with Crippen molar-refractivity contribution < 1.29 is 27.4 Å². The van der Waals surface area contributed by atoms with Crippen LogP contribution in [0.5, 0.6) is 17.2 Å². The summed E-state index contributed by atoms with van der Waals surface area (Å²) in [4.78, 5) is 2.41. The Labute approximate surface area is 229 Å². The van der Waals surface area contributed by atoms with Crippen molar-refractivity contribution in [2.24, 2.45) is 0 Å². The smallest absolute Gasteiger partial charge is 0.243 e. The normalized spacial score (nSPS) is 15.7. The number of rotatable bonds is 11. The van der Waals surface area contributed by atoms with Gasteiger partial charge >= 0.3 is 0 Å². The van der Waals surface area contributed by atoms with Crippen LogP contribution in [-0.2, 0) is 21.4 Å². The van der Waals surface area contributed by atoms with Gasteiger partial charge in [0.15, 0.2) is 11.5 Å². The maximum Gasteiger partial charge on any atom is 0.243 e. The monoisotopic (exact) mass is 560 g/mol. The third-order valence-electron chi connectivity index (χ3n) is 6.58. The molecule has 1 aliphatic heterocycles. The molecule has 0 radical (unpaired) electrons. The van der Waals surface area contributed by atoms with Crippen molar-refractivity contribution in [2.45, 2.75) is 17.6 Å². The summed E-state index contributed by atoms with van der Waals surface area (Å²) in [5.41, 5.74) is 2.02. The predicted molar refractivity (Wildman–Crippen MR) is 147 cm³/mol. The molecule has 10 heteroatoms. The van der Waals surface area contributed by atoms with E-state index < -0.39 is 10.0 Å². The Hall–Kier alpha value is -2.82. The molecular formula is C28H33ClN2O6S. The van der Waals surface area contributed by atoms with E-state index in [4.69, 9.17) is 30.5 Å². The lowest BCUT2D eigenvalue weighted by Gasteiger charge is -2.36. The van der Waals surface area contributed by atoms with Crippen molar-refractivity contribution >= 4 is 21.6 Å². The van der Waals surface area contributed by atoms with E-state index in [-0.39, 0.29) is 11.0 Å². The highest BCUT2D eigenvalue weighted by molar-refractivity contribution is 7.89. The molecule has 0 N–H and O–H groups in total. The van der Waals surface area contributed by atoms with Crippen molar-refractivity contribution in [1.29, 1.82) is 0 Å². The molecule has 1 aliphatic rings. The summed E-state index contributed by atoms with van der Waals surface area (Å²) in [6.07, 6.45) is -0.215. The topological polar surface area (TPSA) is 77.5 Å². The van der Waals surface area contributed by atoms with Crippen molar-refractivity contribution in [3.63, 3.8) is 0 Å². The first kappa shape index (κ1) is 28.2. The number of nitrogens with zero attached hydrogens (tertiary/aromatic N) is 2. The van der Waals surface area contributed by atoms with Gasteiger partial charge in [-0.25, -0.2) is 8.42 Å². The van der Waals surface area contributed by atoms with Crippen molar-refractivity contribution in [3.05, 3.63) is 82.9 Å². The fourth-order valence-corrected chi connectivity index (χ4v) is 5.97. The number of methoxy groups -OCH3 is 3. The van der Waals surface area contributed by atoms with Crippen LogP contribution in [0.2, 0.25) is 5.02 Å². The number of piperazine rings is 1. The van der Waals surface area contributed by atoms with E-state index in [1.807, 2.05) is 48.5 Å². The van der Waals surface area contributed by atoms with Crippen molar-refractivity contribution in [3.8, 4) is 17.2 Å². The van der Waals surface area contributed by atoms with Gasteiger partial charge in [0.2, 0.25) is 10.0 Å². The zero-order valence-electron chi connectivity index (χ0n) is 21.8. The maximum absolute atomic E-state index is 13.3. The summed E-state index contributed by atoms with van der Waals surface area (Å²) >= 11 is 6.12. The molecule has 1 heterocycles. The van der Waals surface area contributed by atoms with E-state index in [2.05, 4.69) is 4.90 Å². The highest BCUT2D eigenvalue weighted by Gasteiger charge is 2.30. The van der Waals surface area contributed by atoms with Crippen LogP contribution in [0.15, 0.2) is 71.6 Å². The first-order valence-corrected chi connectivity index (χ1v) is 14.1. The molecule has 204 valence electrons. The van der Waals surface area contributed by atoms with E-state index in [0.717, 1.165) is 16.9 Å². The zero-order valence-corrected chi connectivity index (χ0v) is 23.4. The summed E-state index contributed by atoms with van der Waals surface area (Å²) in [5.74, 6) is 1.64. The van der Waals surface area contributed by atoms with E-state index in [9.17, 15) is 8.42 Å². The number of hydrogen-bond donors (Lipinski definition) is 0. The van der Waals surface area contributed by atoms with Crippen LogP contribution in [0.4, 0.5) is 0 Å². The summed E-state index contributed by atoms with van der Waals surface area (Å²) in [6.45, 7) is 2.95. The van der Waals surface area contributed by atoms with Gasteiger partial charge in [-0.15, -0.1) is 0 Å². The Balaban J connectivity index is 1.43. The Morgan fingerprint density at radius 3 is 2.21 bits per heavy atom. The van der Waals surface area contributed by atoms with E-state index >= 15 is 0 Å². The quantitative estimate of drug-likeness (QED) is 0.338. The molecule has 3 aromatic carbocycles. The Morgan fingerprint density at radius 1 is 0.842 bits per heavy atom. The van der Waals surface area contributed by atoms with Gasteiger partial charge in [-0.1, -0.05) is 35.9 Å². The largest absolute Gasteiger partial charge is 0.497 e. The Morgan fingerprint density at radius 2 is 1.55 bits per heavy atom. The maximum atomic E-state index is 13.3. The van der Waals surface area contributed by atoms with Gasteiger partial charge in [0.05, 0.1) is 38.9 Å². The van der Waals surface area contributed by atoms with Crippen LogP contribution in [0.1, 0.15) is 17.2 Å². The fraction of sp³-hybridized carbons (Fsp3) is 0.357. The average molecular weight is 561 g/mol. The molecule has 0 spiro atoms. The van der Waals surface area contributed by atoms with Gasteiger partial charge < -0.3 is 18.9 Å². The van der Waals surface area contributed by atoms with Crippen LogP contribution in [0, 0.1) is 0 Å². The van der Waals surface area contributed by atoms with E-state index in [1.54, 1.807) is 19.2 Å². The highest BCUT2D eigenvalue weighted by atomic mass is 35.5. The number of benzene rings is 3. The molecule has 1 atom stereocenters. The lowest BCUT2D eigenvalue weighted by Crippen LogP contribution is -2.49. The molecule has 0 unspecified atom stereocenters. The number of ether oxygens (including phenoxy) is 4. The van der Waals surface area contributed by atoms with Crippen LogP contribution in [0.25, 0.3) is 0 Å². The molecule has 1 fully saturated rings. The summed E-state index contributed by atoms with van der Waals surface area (Å²) in [5, 5.41) is 0.661. The second-order valence-electron chi connectivity index (χ2n) is 8.92. The van der Waals surface area contributed by atoms with Gasteiger partial charge in [-0.2, -0.15) is 4.31 Å². The van der Waals surface area contributed by atoms with E-state index in [1.165, 1.54) is 24.6 Å². The molecule has 0 aromatic heterocycles. The summed E-state index contributed by atoms with van der Waals surface area (Å²) < 4.78 is 50.4. The van der Waals surface area contributed by atoms with Gasteiger partial charge in [-0.3, -0.25) is 4.90 Å². The molecule has 3 aromatic rings. The second-order valence-corrected chi connectivity index (χ2v) is 11.3. The third-order valence-corrected chi connectivity index (χ3v) is 8.72. The molecule has 0 aliphatic carbocycles. The minimum atomic E-state index is -3.67. The molecule has 0 bridgehead atoms.